The second-order valence-corrected chi connectivity index (χ2v) is 8.52. The van der Waals surface area contributed by atoms with Crippen LogP contribution in [-0.4, -0.2) is 5.54 Å². The molecular formula is C27H21F2NO. The van der Waals surface area contributed by atoms with Crippen LogP contribution in [0.1, 0.15) is 43.6 Å². The minimum absolute atomic E-state index is 0.0342. The molecule has 0 bridgehead atoms. The van der Waals surface area contributed by atoms with Crippen molar-refractivity contribution in [3.8, 4) is 28.7 Å². The van der Waals surface area contributed by atoms with E-state index in [1.165, 1.54) is 6.07 Å². The van der Waals surface area contributed by atoms with Gasteiger partial charge in [-0.15, -0.1) is 0 Å². The van der Waals surface area contributed by atoms with Gasteiger partial charge in [0.25, 0.3) is 0 Å². The van der Waals surface area contributed by atoms with Gasteiger partial charge in [-0.05, 0) is 62.1 Å². The van der Waals surface area contributed by atoms with E-state index in [1.807, 2.05) is 49.4 Å². The van der Waals surface area contributed by atoms with Gasteiger partial charge in [-0.25, -0.2) is 8.78 Å². The molecule has 31 heavy (non-hydrogen) atoms. The van der Waals surface area contributed by atoms with Crippen LogP contribution in [0, 0.1) is 23.5 Å². The van der Waals surface area contributed by atoms with E-state index in [4.69, 9.17) is 4.74 Å². The lowest BCUT2D eigenvalue weighted by atomic mass is 9.82. The summed E-state index contributed by atoms with van der Waals surface area (Å²) in [5.41, 5.74) is 5.61. The van der Waals surface area contributed by atoms with Crippen molar-refractivity contribution in [1.82, 2.24) is 0 Å². The summed E-state index contributed by atoms with van der Waals surface area (Å²) in [5, 5.41) is 3.53. The Bertz CT molecular complexity index is 1300. The molecule has 2 nitrogen and oxygen atoms in total. The summed E-state index contributed by atoms with van der Waals surface area (Å²) < 4.78 is 34.8. The molecule has 1 unspecified atom stereocenters. The highest BCUT2D eigenvalue weighted by Crippen LogP contribution is 2.49. The minimum Gasteiger partial charge on any atom is -0.469 e. The third-order valence-electron chi connectivity index (χ3n) is 5.59. The molecule has 0 amide bonds. The first-order chi connectivity index (χ1) is 14.8. The van der Waals surface area contributed by atoms with Crippen molar-refractivity contribution in [2.75, 3.05) is 5.32 Å². The lowest BCUT2D eigenvalue weighted by molar-refractivity contribution is 0.247. The van der Waals surface area contributed by atoms with Crippen molar-refractivity contribution in [3.05, 3.63) is 89.0 Å². The normalized spacial score (nSPS) is 17.6. The van der Waals surface area contributed by atoms with E-state index in [0.29, 0.717) is 5.56 Å². The van der Waals surface area contributed by atoms with Gasteiger partial charge in [0, 0.05) is 34.0 Å². The van der Waals surface area contributed by atoms with E-state index >= 15 is 0 Å². The zero-order valence-corrected chi connectivity index (χ0v) is 17.5. The molecule has 2 heterocycles. The number of anilines is 1. The molecule has 4 heteroatoms. The fourth-order valence-electron chi connectivity index (χ4n) is 4.48. The molecule has 5 rings (SSSR count). The summed E-state index contributed by atoms with van der Waals surface area (Å²) >= 11 is 0. The fourth-order valence-corrected chi connectivity index (χ4v) is 4.48. The van der Waals surface area contributed by atoms with Crippen molar-refractivity contribution in [2.24, 2.45) is 0 Å². The van der Waals surface area contributed by atoms with Crippen LogP contribution in [0.4, 0.5) is 14.5 Å². The summed E-state index contributed by atoms with van der Waals surface area (Å²) in [5.74, 6) is 5.00. The second kappa shape index (κ2) is 6.99. The van der Waals surface area contributed by atoms with E-state index in [0.717, 1.165) is 39.6 Å². The number of hydrogen-bond donors (Lipinski definition) is 1. The van der Waals surface area contributed by atoms with Crippen LogP contribution in [0.2, 0.25) is 0 Å². The fraction of sp³-hybridized carbons (Fsp3) is 0.185. The van der Waals surface area contributed by atoms with Gasteiger partial charge in [0.15, 0.2) is 17.7 Å². The molecule has 0 aliphatic carbocycles. The van der Waals surface area contributed by atoms with E-state index in [-0.39, 0.29) is 11.3 Å². The maximum atomic E-state index is 14.6. The molecule has 0 spiro atoms. The summed E-state index contributed by atoms with van der Waals surface area (Å²) in [6.07, 6.45) is 1.46. The maximum Gasteiger partial charge on any atom is 0.186 e. The van der Waals surface area contributed by atoms with Crippen molar-refractivity contribution >= 4 is 11.3 Å². The maximum absolute atomic E-state index is 14.6. The molecule has 1 atom stereocenters. The van der Waals surface area contributed by atoms with Crippen LogP contribution >= 0.6 is 0 Å². The number of rotatable bonds is 0. The van der Waals surface area contributed by atoms with Crippen molar-refractivity contribution < 1.29 is 13.5 Å². The number of hydrogen-bond acceptors (Lipinski definition) is 2. The number of halogens is 2. The minimum atomic E-state index is -0.726. The third kappa shape index (κ3) is 3.37. The standard InChI is InChI=1S/C27H21F2NO/c1-16-15-27(2,3)30-22-11-10-19-20-13-18(28)14-21(29)26(20)31-23(25(19)24(16)22)12-9-17-7-5-4-6-8-17/h4-8,10-11,13-15,23,30H,1-3H3. The van der Waals surface area contributed by atoms with Gasteiger partial charge in [-0.1, -0.05) is 36.3 Å². The summed E-state index contributed by atoms with van der Waals surface area (Å²) in [7, 11) is 0. The first kappa shape index (κ1) is 19.4. The van der Waals surface area contributed by atoms with E-state index < -0.39 is 17.7 Å². The van der Waals surface area contributed by atoms with Crippen LogP contribution in [0.15, 0.2) is 60.7 Å². The summed E-state index contributed by atoms with van der Waals surface area (Å²) in [6.45, 7) is 6.25. The Balaban J connectivity index is 1.76. The molecule has 3 aromatic carbocycles. The average molecular weight is 413 g/mol. The van der Waals surface area contributed by atoms with E-state index in [1.54, 1.807) is 0 Å². The number of benzene rings is 3. The number of nitrogens with one attached hydrogen (secondary N) is 1. The van der Waals surface area contributed by atoms with Gasteiger partial charge in [-0.3, -0.25) is 0 Å². The number of allylic oxidation sites excluding steroid dienone is 1. The molecule has 154 valence electrons. The van der Waals surface area contributed by atoms with E-state index in [2.05, 4.69) is 37.1 Å². The predicted octanol–water partition coefficient (Wildman–Crippen LogP) is 6.72. The predicted molar refractivity (Wildman–Crippen MR) is 120 cm³/mol. The van der Waals surface area contributed by atoms with Crippen LogP contribution in [0.3, 0.4) is 0 Å². The molecule has 2 aliphatic rings. The molecule has 0 saturated heterocycles. The molecule has 0 fully saturated rings. The van der Waals surface area contributed by atoms with Crippen LogP contribution in [-0.2, 0) is 0 Å². The van der Waals surface area contributed by atoms with Crippen molar-refractivity contribution in [3.63, 3.8) is 0 Å². The molecular weight excluding hydrogens is 392 g/mol. The topological polar surface area (TPSA) is 21.3 Å². The zero-order chi connectivity index (χ0) is 21.8. The van der Waals surface area contributed by atoms with Crippen molar-refractivity contribution in [1.29, 1.82) is 0 Å². The molecule has 2 aliphatic heterocycles. The molecule has 0 radical (unpaired) electrons. The molecule has 3 aromatic rings. The quantitative estimate of drug-likeness (QED) is 0.413. The highest BCUT2D eigenvalue weighted by molar-refractivity contribution is 5.90. The average Bonchev–Trinajstić information content (AvgIpc) is 2.71. The third-order valence-corrected chi connectivity index (χ3v) is 5.59. The summed E-state index contributed by atoms with van der Waals surface area (Å²) in [6, 6.07) is 15.6. The number of ether oxygens (including phenoxy) is 1. The van der Waals surface area contributed by atoms with Gasteiger partial charge in [0.2, 0.25) is 0 Å². The van der Waals surface area contributed by atoms with Crippen LogP contribution < -0.4 is 10.1 Å². The second-order valence-electron chi connectivity index (χ2n) is 8.52. The van der Waals surface area contributed by atoms with Gasteiger partial charge in [0.05, 0.1) is 5.54 Å². The zero-order valence-electron chi connectivity index (χ0n) is 17.5. The van der Waals surface area contributed by atoms with Crippen LogP contribution in [0.25, 0.3) is 16.7 Å². The Morgan fingerprint density at radius 1 is 1.00 bits per heavy atom. The van der Waals surface area contributed by atoms with Crippen LogP contribution in [0.5, 0.6) is 5.75 Å². The molecule has 0 aromatic heterocycles. The molecule has 1 N–H and O–H groups in total. The lowest BCUT2D eigenvalue weighted by Crippen LogP contribution is -2.32. The Labute approximate surface area is 180 Å². The molecule has 0 saturated carbocycles. The van der Waals surface area contributed by atoms with Gasteiger partial charge in [0.1, 0.15) is 5.82 Å². The lowest BCUT2D eigenvalue weighted by Gasteiger charge is -2.36. The smallest absolute Gasteiger partial charge is 0.186 e. The Morgan fingerprint density at radius 2 is 1.77 bits per heavy atom. The Morgan fingerprint density at radius 3 is 2.55 bits per heavy atom. The first-order valence-corrected chi connectivity index (χ1v) is 10.2. The van der Waals surface area contributed by atoms with Gasteiger partial charge >= 0.3 is 0 Å². The monoisotopic (exact) mass is 413 g/mol. The number of fused-ring (bicyclic) bond motifs is 5. The van der Waals surface area contributed by atoms with Gasteiger partial charge in [-0.2, -0.15) is 0 Å². The van der Waals surface area contributed by atoms with E-state index in [9.17, 15) is 8.78 Å². The van der Waals surface area contributed by atoms with Gasteiger partial charge < -0.3 is 10.1 Å². The highest BCUT2D eigenvalue weighted by Gasteiger charge is 2.34. The Kier molecular flexibility index (Phi) is 4.37. The SMILES string of the molecule is CC1=CC(C)(C)Nc2ccc3c(c21)C(C#Cc1ccccc1)Oc1c(F)cc(F)cc1-3. The summed E-state index contributed by atoms with van der Waals surface area (Å²) in [4.78, 5) is 0. The first-order valence-electron chi connectivity index (χ1n) is 10.2. The Hall–Kier alpha value is -3.58. The van der Waals surface area contributed by atoms with Crippen molar-refractivity contribution in [2.45, 2.75) is 32.4 Å². The largest absolute Gasteiger partial charge is 0.469 e. The highest BCUT2D eigenvalue weighted by atomic mass is 19.1.